The molecule has 1 aliphatic rings. The third-order valence-corrected chi connectivity index (χ3v) is 2.74. The van der Waals surface area contributed by atoms with Crippen molar-refractivity contribution in [3.8, 4) is 0 Å². The Labute approximate surface area is 79.7 Å². The van der Waals surface area contributed by atoms with Crippen molar-refractivity contribution < 1.29 is 9.90 Å². The minimum Gasteiger partial charge on any atom is -0.481 e. The summed E-state index contributed by atoms with van der Waals surface area (Å²) in [5.41, 5.74) is 0. The quantitative estimate of drug-likeness (QED) is 0.661. The lowest BCUT2D eigenvalue weighted by molar-refractivity contribution is -0.137. The molecule has 0 spiro atoms. The highest BCUT2D eigenvalue weighted by Crippen LogP contribution is 2.20. The van der Waals surface area contributed by atoms with Crippen LogP contribution in [0.15, 0.2) is 0 Å². The van der Waals surface area contributed by atoms with E-state index in [0.717, 1.165) is 18.8 Å². The normalized spacial score (nSPS) is 23.6. The first-order valence-electron chi connectivity index (χ1n) is 5.09. The second-order valence-corrected chi connectivity index (χ2v) is 4.06. The summed E-state index contributed by atoms with van der Waals surface area (Å²) < 4.78 is 0. The van der Waals surface area contributed by atoms with Gasteiger partial charge in [-0.1, -0.05) is 6.42 Å². The van der Waals surface area contributed by atoms with E-state index in [0.29, 0.717) is 6.42 Å². The van der Waals surface area contributed by atoms with Gasteiger partial charge in [-0.2, -0.15) is 0 Å². The van der Waals surface area contributed by atoms with Crippen molar-refractivity contribution in [3.63, 3.8) is 0 Å². The molecule has 1 saturated heterocycles. The number of carbonyl (C=O) groups is 1. The Morgan fingerprint density at radius 2 is 2.31 bits per heavy atom. The number of carboxylic acids is 1. The Balaban J connectivity index is 1.97. The van der Waals surface area contributed by atoms with Gasteiger partial charge in [0, 0.05) is 13.0 Å². The third-order valence-electron chi connectivity index (χ3n) is 2.74. The smallest absolute Gasteiger partial charge is 0.303 e. The molecule has 0 radical (unpaired) electrons. The molecule has 0 saturated carbocycles. The third kappa shape index (κ3) is 4.27. The van der Waals surface area contributed by atoms with Gasteiger partial charge in [-0.15, -0.1) is 0 Å². The Morgan fingerprint density at radius 1 is 1.54 bits per heavy atom. The molecule has 1 unspecified atom stereocenters. The number of hydrogen-bond donors (Lipinski definition) is 1. The van der Waals surface area contributed by atoms with Crippen molar-refractivity contribution in [2.24, 2.45) is 5.92 Å². The Hall–Kier alpha value is -0.570. The van der Waals surface area contributed by atoms with Gasteiger partial charge in [0.15, 0.2) is 0 Å². The van der Waals surface area contributed by atoms with Crippen LogP contribution >= 0.6 is 0 Å². The molecule has 0 aromatic heterocycles. The van der Waals surface area contributed by atoms with Gasteiger partial charge in [0.1, 0.15) is 0 Å². The summed E-state index contributed by atoms with van der Waals surface area (Å²) in [6.07, 6.45) is 4.75. The van der Waals surface area contributed by atoms with Crippen LogP contribution in [-0.2, 0) is 4.79 Å². The lowest BCUT2D eigenvalue weighted by atomic mass is 10.0. The second-order valence-electron chi connectivity index (χ2n) is 4.06. The minimum atomic E-state index is -0.663. The van der Waals surface area contributed by atoms with E-state index in [4.69, 9.17) is 5.11 Å². The summed E-state index contributed by atoms with van der Waals surface area (Å²) in [6.45, 7) is 2.41. The Morgan fingerprint density at radius 3 is 2.85 bits per heavy atom. The average molecular weight is 185 g/mol. The van der Waals surface area contributed by atoms with E-state index in [1.165, 1.54) is 25.9 Å². The molecule has 0 aliphatic carbocycles. The fraction of sp³-hybridized carbons (Fsp3) is 0.900. The maximum absolute atomic E-state index is 10.2. The van der Waals surface area contributed by atoms with Gasteiger partial charge in [-0.3, -0.25) is 4.79 Å². The van der Waals surface area contributed by atoms with E-state index in [9.17, 15) is 4.79 Å². The number of hydrogen-bond acceptors (Lipinski definition) is 2. The molecule has 3 nitrogen and oxygen atoms in total. The van der Waals surface area contributed by atoms with Crippen LogP contribution in [0.25, 0.3) is 0 Å². The highest BCUT2D eigenvalue weighted by molar-refractivity contribution is 5.66. The van der Waals surface area contributed by atoms with Crippen molar-refractivity contribution >= 4 is 5.97 Å². The Kier molecular flexibility index (Phi) is 4.22. The molecule has 3 heteroatoms. The summed E-state index contributed by atoms with van der Waals surface area (Å²) in [4.78, 5) is 12.6. The van der Waals surface area contributed by atoms with E-state index in [-0.39, 0.29) is 0 Å². The summed E-state index contributed by atoms with van der Waals surface area (Å²) in [6, 6.07) is 0. The van der Waals surface area contributed by atoms with Crippen LogP contribution in [0.2, 0.25) is 0 Å². The predicted molar refractivity (Wildman–Crippen MR) is 51.7 cm³/mol. The van der Waals surface area contributed by atoms with Gasteiger partial charge < -0.3 is 10.0 Å². The van der Waals surface area contributed by atoms with E-state index in [1.807, 2.05) is 0 Å². The zero-order valence-corrected chi connectivity index (χ0v) is 8.33. The SMILES string of the molecule is CN1CCC(CCCCC(=O)O)C1. The summed E-state index contributed by atoms with van der Waals surface area (Å²) >= 11 is 0. The van der Waals surface area contributed by atoms with Crippen molar-refractivity contribution in [3.05, 3.63) is 0 Å². The second kappa shape index (κ2) is 5.22. The fourth-order valence-electron chi connectivity index (χ4n) is 1.97. The van der Waals surface area contributed by atoms with Gasteiger partial charge in [0.05, 0.1) is 0 Å². The van der Waals surface area contributed by atoms with Crippen LogP contribution in [0.5, 0.6) is 0 Å². The molecule has 0 aromatic rings. The highest BCUT2D eigenvalue weighted by Gasteiger charge is 2.18. The van der Waals surface area contributed by atoms with Crippen LogP contribution in [-0.4, -0.2) is 36.1 Å². The zero-order valence-electron chi connectivity index (χ0n) is 8.33. The van der Waals surface area contributed by atoms with Crippen LogP contribution in [0.1, 0.15) is 32.1 Å². The average Bonchev–Trinajstić information content (AvgIpc) is 2.45. The van der Waals surface area contributed by atoms with E-state index >= 15 is 0 Å². The van der Waals surface area contributed by atoms with Crippen LogP contribution < -0.4 is 0 Å². The molecule has 1 fully saturated rings. The molecular formula is C10H19NO2. The van der Waals surface area contributed by atoms with E-state index < -0.39 is 5.97 Å². The molecule has 1 N–H and O–H groups in total. The topological polar surface area (TPSA) is 40.5 Å². The van der Waals surface area contributed by atoms with Gasteiger partial charge >= 0.3 is 5.97 Å². The zero-order chi connectivity index (χ0) is 9.68. The first-order chi connectivity index (χ1) is 6.18. The number of carboxylic acid groups (broad SMARTS) is 1. The van der Waals surface area contributed by atoms with Gasteiger partial charge in [-0.25, -0.2) is 0 Å². The predicted octanol–water partition coefficient (Wildman–Crippen LogP) is 1.58. The molecule has 76 valence electrons. The van der Waals surface area contributed by atoms with E-state index in [2.05, 4.69) is 11.9 Å². The first-order valence-corrected chi connectivity index (χ1v) is 5.09. The largest absolute Gasteiger partial charge is 0.481 e. The van der Waals surface area contributed by atoms with Crippen molar-refractivity contribution in [1.29, 1.82) is 0 Å². The van der Waals surface area contributed by atoms with Gasteiger partial charge in [0.2, 0.25) is 0 Å². The molecular weight excluding hydrogens is 166 g/mol. The molecule has 13 heavy (non-hydrogen) atoms. The van der Waals surface area contributed by atoms with Crippen LogP contribution in [0, 0.1) is 5.92 Å². The standard InChI is InChI=1S/C10H19NO2/c1-11-7-6-9(8-11)4-2-3-5-10(12)13/h9H,2-8H2,1H3,(H,12,13). The number of aliphatic carboxylic acids is 1. The molecule has 1 aliphatic heterocycles. The maximum Gasteiger partial charge on any atom is 0.303 e. The maximum atomic E-state index is 10.2. The molecule has 0 bridgehead atoms. The number of unbranched alkanes of at least 4 members (excludes halogenated alkanes) is 1. The Bertz CT molecular complexity index is 170. The van der Waals surface area contributed by atoms with E-state index in [1.54, 1.807) is 0 Å². The fourth-order valence-corrected chi connectivity index (χ4v) is 1.97. The lowest BCUT2D eigenvalue weighted by Crippen LogP contribution is -2.13. The van der Waals surface area contributed by atoms with Crippen molar-refractivity contribution in [2.75, 3.05) is 20.1 Å². The van der Waals surface area contributed by atoms with Crippen LogP contribution in [0.4, 0.5) is 0 Å². The lowest BCUT2D eigenvalue weighted by Gasteiger charge is -2.09. The summed E-state index contributed by atoms with van der Waals surface area (Å²) in [5.74, 6) is 0.155. The molecule has 0 aromatic carbocycles. The van der Waals surface area contributed by atoms with Crippen molar-refractivity contribution in [2.45, 2.75) is 32.1 Å². The minimum absolute atomic E-state index is 0.336. The summed E-state index contributed by atoms with van der Waals surface area (Å²) in [7, 11) is 2.15. The van der Waals surface area contributed by atoms with Gasteiger partial charge in [0.25, 0.3) is 0 Å². The summed E-state index contributed by atoms with van der Waals surface area (Å²) in [5, 5.41) is 8.44. The molecule has 1 atom stereocenters. The molecule has 1 rings (SSSR count). The number of nitrogens with zero attached hydrogens (tertiary/aromatic N) is 1. The van der Waals surface area contributed by atoms with Gasteiger partial charge in [-0.05, 0) is 38.8 Å². The monoisotopic (exact) mass is 185 g/mol. The molecule has 0 amide bonds. The molecule has 1 heterocycles. The number of likely N-dealkylation sites (tertiary alicyclic amines) is 1. The van der Waals surface area contributed by atoms with Crippen LogP contribution in [0.3, 0.4) is 0 Å². The first kappa shape index (κ1) is 10.5. The number of rotatable bonds is 5. The highest BCUT2D eigenvalue weighted by atomic mass is 16.4. The van der Waals surface area contributed by atoms with Crippen molar-refractivity contribution in [1.82, 2.24) is 4.90 Å².